The van der Waals surface area contributed by atoms with Crippen LogP contribution in [0, 0.1) is 30.6 Å². The molecule has 2 atom stereocenters. The minimum absolute atomic E-state index is 0.199. The van der Waals surface area contributed by atoms with E-state index in [2.05, 4.69) is 9.97 Å². The molecule has 0 saturated heterocycles. The second-order valence-corrected chi connectivity index (χ2v) is 6.51. The Morgan fingerprint density at radius 2 is 2.00 bits per heavy atom. The molecule has 3 saturated carbocycles. The Balaban J connectivity index is 1.87. The topological polar surface area (TPSA) is 63.1 Å². The average Bonchev–Trinajstić information content (AvgIpc) is 2.43. The number of halogens is 1. The van der Waals surface area contributed by atoms with Gasteiger partial charge in [-0.3, -0.25) is 4.79 Å². The van der Waals surface area contributed by atoms with Crippen LogP contribution in [0.15, 0.2) is 6.20 Å². The predicted molar refractivity (Wildman–Crippen MR) is 75.5 cm³/mol. The van der Waals surface area contributed by atoms with E-state index < -0.39 is 5.97 Å². The maximum absolute atomic E-state index is 11.6. The van der Waals surface area contributed by atoms with E-state index in [0.717, 1.165) is 36.9 Å². The van der Waals surface area contributed by atoms with Crippen LogP contribution in [0.4, 0.5) is 0 Å². The summed E-state index contributed by atoms with van der Waals surface area (Å²) in [7, 11) is 0. The summed E-state index contributed by atoms with van der Waals surface area (Å²) < 4.78 is 0. The summed E-state index contributed by atoms with van der Waals surface area (Å²) in [5.41, 5.74) is 1.91. The first-order chi connectivity index (χ1) is 9.56. The fraction of sp³-hybridized carbons (Fsp3) is 0.667. The van der Waals surface area contributed by atoms with Gasteiger partial charge in [-0.1, -0.05) is 0 Å². The van der Waals surface area contributed by atoms with Crippen LogP contribution in [-0.4, -0.2) is 21.0 Å². The van der Waals surface area contributed by atoms with Crippen LogP contribution in [0.1, 0.15) is 36.9 Å². The molecule has 1 heterocycles. The van der Waals surface area contributed by atoms with E-state index in [1.54, 1.807) is 6.20 Å². The molecule has 2 bridgehead atoms. The van der Waals surface area contributed by atoms with Crippen molar-refractivity contribution in [3.05, 3.63) is 22.7 Å². The molecule has 1 aromatic rings. The Morgan fingerprint density at radius 1 is 1.35 bits per heavy atom. The number of rotatable bonds is 3. The molecule has 0 aromatic carbocycles. The van der Waals surface area contributed by atoms with E-state index >= 15 is 0 Å². The van der Waals surface area contributed by atoms with E-state index in [9.17, 15) is 9.90 Å². The van der Waals surface area contributed by atoms with Crippen molar-refractivity contribution >= 4 is 17.6 Å². The molecule has 4 nitrogen and oxygen atoms in total. The van der Waals surface area contributed by atoms with Crippen molar-refractivity contribution in [2.45, 2.75) is 39.0 Å². The number of aliphatic carboxylic acids is 1. The Hall–Kier alpha value is -1.16. The van der Waals surface area contributed by atoms with Crippen molar-refractivity contribution in [3.63, 3.8) is 0 Å². The van der Waals surface area contributed by atoms with E-state index in [-0.39, 0.29) is 17.1 Å². The zero-order valence-electron chi connectivity index (χ0n) is 11.6. The molecule has 1 aromatic heterocycles. The first kappa shape index (κ1) is 13.8. The predicted octanol–water partition coefficient (Wildman–Crippen LogP) is 3.12. The molecule has 3 fully saturated rings. The van der Waals surface area contributed by atoms with Gasteiger partial charge in [0.25, 0.3) is 0 Å². The first-order valence-corrected chi connectivity index (χ1v) is 7.65. The summed E-state index contributed by atoms with van der Waals surface area (Å²) in [6.45, 7) is 1.96. The number of nitrogens with zero attached hydrogens (tertiary/aromatic N) is 2. The molecule has 3 aliphatic rings. The van der Waals surface area contributed by atoms with Crippen LogP contribution in [0.3, 0.4) is 0 Å². The number of hydrogen-bond donors (Lipinski definition) is 1. The number of fused-ring (bicyclic) bond motifs is 3. The number of hydrogen-bond acceptors (Lipinski definition) is 3. The molecule has 1 N–H and O–H groups in total. The molecule has 4 rings (SSSR count). The lowest BCUT2D eigenvalue weighted by Gasteiger charge is -2.47. The van der Waals surface area contributed by atoms with Crippen molar-refractivity contribution in [2.75, 3.05) is 0 Å². The molecule has 3 aliphatic carbocycles. The third-order valence-electron chi connectivity index (χ3n) is 5.15. The Morgan fingerprint density at radius 3 is 2.65 bits per heavy atom. The summed E-state index contributed by atoms with van der Waals surface area (Å²) in [6, 6.07) is 0. The van der Waals surface area contributed by atoms with Crippen molar-refractivity contribution in [2.24, 2.45) is 23.7 Å². The Kier molecular flexibility index (Phi) is 3.67. The van der Waals surface area contributed by atoms with Gasteiger partial charge < -0.3 is 5.11 Å². The first-order valence-electron chi connectivity index (χ1n) is 7.27. The van der Waals surface area contributed by atoms with Crippen LogP contribution in [0.2, 0.25) is 5.28 Å². The summed E-state index contributed by atoms with van der Waals surface area (Å²) in [6.07, 6.45) is 6.91. The summed E-state index contributed by atoms with van der Waals surface area (Å²) in [5, 5.41) is 9.82. The van der Waals surface area contributed by atoms with E-state index in [4.69, 9.17) is 11.6 Å². The third-order valence-corrected chi connectivity index (χ3v) is 5.33. The zero-order chi connectivity index (χ0) is 14.3. The normalized spacial score (nSPS) is 32.3. The summed E-state index contributed by atoms with van der Waals surface area (Å²) in [5.74, 6) is 0.219. The monoisotopic (exact) mass is 294 g/mol. The highest BCUT2D eigenvalue weighted by molar-refractivity contribution is 6.28. The quantitative estimate of drug-likeness (QED) is 0.870. The lowest BCUT2D eigenvalue weighted by Crippen LogP contribution is -2.45. The van der Waals surface area contributed by atoms with Gasteiger partial charge in [-0.25, -0.2) is 9.97 Å². The van der Waals surface area contributed by atoms with E-state index in [1.807, 2.05) is 6.92 Å². The highest BCUT2D eigenvalue weighted by Gasteiger charge is 2.47. The largest absolute Gasteiger partial charge is 0.481 e. The molecular formula is C15H19ClN2O2. The Bertz CT molecular complexity index is 527. The Labute approximate surface area is 123 Å². The highest BCUT2D eigenvalue weighted by atomic mass is 35.5. The van der Waals surface area contributed by atoms with Crippen LogP contribution in [0.5, 0.6) is 0 Å². The van der Waals surface area contributed by atoms with Crippen LogP contribution < -0.4 is 0 Å². The molecule has 5 heteroatoms. The second kappa shape index (κ2) is 5.32. The van der Waals surface area contributed by atoms with E-state index in [0.29, 0.717) is 18.3 Å². The molecule has 108 valence electrons. The highest BCUT2D eigenvalue weighted by Crippen LogP contribution is 2.50. The molecular weight excluding hydrogens is 276 g/mol. The van der Waals surface area contributed by atoms with Crippen molar-refractivity contribution in [1.29, 1.82) is 0 Å². The molecule has 0 aliphatic heterocycles. The van der Waals surface area contributed by atoms with Crippen molar-refractivity contribution in [1.82, 2.24) is 9.97 Å². The maximum Gasteiger partial charge on any atom is 0.307 e. The van der Waals surface area contributed by atoms with Gasteiger partial charge in [-0.15, -0.1) is 0 Å². The van der Waals surface area contributed by atoms with Gasteiger partial charge in [-0.2, -0.15) is 0 Å². The van der Waals surface area contributed by atoms with Crippen LogP contribution >= 0.6 is 11.6 Å². The van der Waals surface area contributed by atoms with Gasteiger partial charge in [0.2, 0.25) is 5.28 Å². The number of carboxylic acid groups (broad SMARTS) is 1. The van der Waals surface area contributed by atoms with Gasteiger partial charge >= 0.3 is 5.97 Å². The SMILES string of the molecule is Cc1cnc(Cl)nc1C[C@H]1C2CCC(CC2)[C@@H]1C(=O)O. The smallest absolute Gasteiger partial charge is 0.307 e. The van der Waals surface area contributed by atoms with Gasteiger partial charge in [0, 0.05) is 11.9 Å². The molecule has 0 radical (unpaired) electrons. The zero-order valence-corrected chi connectivity index (χ0v) is 12.3. The van der Waals surface area contributed by atoms with Crippen LogP contribution in [0.25, 0.3) is 0 Å². The van der Waals surface area contributed by atoms with Gasteiger partial charge in [0.15, 0.2) is 0 Å². The van der Waals surface area contributed by atoms with Gasteiger partial charge in [-0.05, 0) is 73.9 Å². The molecule has 0 amide bonds. The van der Waals surface area contributed by atoms with Crippen LogP contribution in [-0.2, 0) is 11.2 Å². The second-order valence-electron chi connectivity index (χ2n) is 6.18. The fourth-order valence-corrected chi connectivity index (χ4v) is 4.29. The van der Waals surface area contributed by atoms with Crippen molar-refractivity contribution < 1.29 is 9.90 Å². The average molecular weight is 295 g/mol. The lowest BCUT2D eigenvalue weighted by molar-refractivity contribution is -0.152. The minimum Gasteiger partial charge on any atom is -0.481 e. The third kappa shape index (κ3) is 2.41. The van der Waals surface area contributed by atoms with E-state index in [1.165, 1.54) is 0 Å². The molecule has 20 heavy (non-hydrogen) atoms. The minimum atomic E-state index is -0.637. The van der Waals surface area contributed by atoms with Gasteiger partial charge in [0.1, 0.15) is 0 Å². The summed E-state index contributed by atoms with van der Waals surface area (Å²) >= 11 is 5.87. The van der Waals surface area contributed by atoms with Crippen molar-refractivity contribution in [3.8, 4) is 0 Å². The summed E-state index contributed by atoms with van der Waals surface area (Å²) in [4.78, 5) is 19.9. The maximum atomic E-state index is 11.6. The number of carboxylic acids is 1. The standard InChI is InChI=1S/C15H19ClN2O2/c1-8-7-17-15(16)18-12(8)6-11-9-2-4-10(5-3-9)13(11)14(19)20/h7,9-11,13H,2-6H2,1H3,(H,19,20)/t9?,10?,11-,13-/m0/s1. The molecule has 0 unspecified atom stereocenters. The number of aryl methyl sites for hydroxylation is 1. The number of carbonyl (C=O) groups is 1. The van der Waals surface area contributed by atoms with Gasteiger partial charge in [0.05, 0.1) is 5.92 Å². The number of aromatic nitrogens is 2. The fourth-order valence-electron chi connectivity index (χ4n) is 4.14. The lowest BCUT2D eigenvalue weighted by atomic mass is 9.57. The molecule has 0 spiro atoms.